The van der Waals surface area contributed by atoms with Crippen LogP contribution in [0, 0.1) is 34.5 Å². The zero-order chi connectivity index (χ0) is 15.5. The van der Waals surface area contributed by atoms with Gasteiger partial charge >= 0.3 is 0 Å². The average Bonchev–Trinajstić information content (AvgIpc) is 2.85. The molecule has 4 rings (SSSR count). The quantitative estimate of drug-likeness (QED) is 0.707. The summed E-state index contributed by atoms with van der Waals surface area (Å²) >= 11 is 0. The highest BCUT2D eigenvalue weighted by atomic mass is 16.5. The molecule has 0 aromatic heterocycles. The fourth-order valence-electron chi connectivity index (χ4n) is 7.30. The number of hydrogen-bond donors (Lipinski definition) is 0. The molecule has 2 nitrogen and oxygen atoms in total. The molecule has 2 heteroatoms. The first-order chi connectivity index (χ1) is 10.5. The maximum absolute atomic E-state index is 11.9. The number of rotatable bonds is 1. The Bertz CT molecular complexity index is 472. The van der Waals surface area contributed by atoms with Gasteiger partial charge in [-0.1, -0.05) is 13.8 Å². The van der Waals surface area contributed by atoms with E-state index in [1.54, 1.807) is 0 Å². The monoisotopic (exact) mass is 304 g/mol. The fourth-order valence-corrected chi connectivity index (χ4v) is 7.30. The Morgan fingerprint density at radius 2 is 1.82 bits per heavy atom. The smallest absolute Gasteiger partial charge is 0.133 e. The molecule has 0 amide bonds. The Balaban J connectivity index is 1.65. The minimum Gasteiger partial charge on any atom is -0.381 e. The van der Waals surface area contributed by atoms with Crippen LogP contribution < -0.4 is 0 Å². The summed E-state index contributed by atoms with van der Waals surface area (Å²) in [5, 5.41) is 0. The van der Waals surface area contributed by atoms with Crippen LogP contribution in [0.3, 0.4) is 0 Å². The molecule has 0 saturated heterocycles. The minimum atomic E-state index is 0.430. The van der Waals surface area contributed by atoms with Crippen LogP contribution in [0.5, 0.6) is 0 Å². The molecule has 22 heavy (non-hydrogen) atoms. The lowest BCUT2D eigenvalue weighted by molar-refractivity contribution is -0.144. The van der Waals surface area contributed by atoms with E-state index in [1.807, 2.05) is 7.11 Å². The van der Waals surface area contributed by atoms with Crippen LogP contribution in [0.15, 0.2) is 0 Å². The number of carbonyl (C=O) groups excluding carboxylic acids is 1. The topological polar surface area (TPSA) is 26.3 Å². The Kier molecular flexibility index (Phi) is 3.49. The third kappa shape index (κ3) is 1.98. The van der Waals surface area contributed by atoms with Gasteiger partial charge in [0.05, 0.1) is 6.10 Å². The van der Waals surface area contributed by atoms with E-state index in [2.05, 4.69) is 13.8 Å². The van der Waals surface area contributed by atoms with Crippen LogP contribution >= 0.6 is 0 Å². The number of carbonyl (C=O) groups is 1. The van der Waals surface area contributed by atoms with Gasteiger partial charge in [-0.3, -0.25) is 4.79 Å². The number of ketones is 1. The molecule has 0 radical (unpaired) electrons. The molecule has 0 heterocycles. The predicted octanol–water partition coefficient (Wildman–Crippen LogP) is 4.61. The Labute approximate surface area is 135 Å². The molecule has 0 spiro atoms. The van der Waals surface area contributed by atoms with Crippen molar-refractivity contribution in [2.24, 2.45) is 34.5 Å². The van der Waals surface area contributed by atoms with Crippen molar-refractivity contribution < 1.29 is 9.53 Å². The second-order valence-electron chi connectivity index (χ2n) is 9.32. The van der Waals surface area contributed by atoms with Crippen molar-refractivity contribution in [2.75, 3.05) is 7.11 Å². The van der Waals surface area contributed by atoms with Gasteiger partial charge in [-0.05, 0) is 79.4 Å². The van der Waals surface area contributed by atoms with E-state index in [4.69, 9.17) is 4.74 Å². The van der Waals surface area contributed by atoms with Crippen LogP contribution in [-0.4, -0.2) is 19.0 Å². The summed E-state index contributed by atoms with van der Waals surface area (Å²) < 4.78 is 5.93. The van der Waals surface area contributed by atoms with Crippen molar-refractivity contribution in [3.8, 4) is 0 Å². The Morgan fingerprint density at radius 1 is 1.05 bits per heavy atom. The normalized spacial score (nSPS) is 54.5. The number of ether oxygens (including phenoxy) is 1. The summed E-state index contributed by atoms with van der Waals surface area (Å²) in [7, 11) is 1.92. The van der Waals surface area contributed by atoms with Crippen LogP contribution in [0.25, 0.3) is 0 Å². The van der Waals surface area contributed by atoms with Crippen LogP contribution in [0.2, 0.25) is 0 Å². The minimum absolute atomic E-state index is 0.430. The number of Topliss-reactive ketones (excluding diaryl/α,β-unsaturated/α-hetero) is 1. The maximum Gasteiger partial charge on any atom is 0.133 e. The van der Waals surface area contributed by atoms with E-state index < -0.39 is 0 Å². The second-order valence-corrected chi connectivity index (χ2v) is 9.32. The summed E-state index contributed by atoms with van der Waals surface area (Å²) in [6.45, 7) is 5.06. The van der Waals surface area contributed by atoms with Gasteiger partial charge < -0.3 is 4.74 Å². The lowest BCUT2D eigenvalue weighted by Gasteiger charge is -2.60. The lowest BCUT2D eigenvalue weighted by atomic mass is 9.45. The SMILES string of the molecule is CO[C@H]1CC[C@]2(C)CC[C@@H]3[C@H](CC[C@@H]4CC(=O)CC[C@]43C)[C@@H]12. The third-order valence-electron chi connectivity index (χ3n) is 8.56. The second kappa shape index (κ2) is 5.06. The molecule has 0 bridgehead atoms. The predicted molar refractivity (Wildman–Crippen MR) is 87.5 cm³/mol. The maximum atomic E-state index is 11.9. The van der Waals surface area contributed by atoms with Crippen molar-refractivity contribution >= 4 is 5.78 Å². The molecule has 124 valence electrons. The van der Waals surface area contributed by atoms with E-state index in [1.165, 1.54) is 38.5 Å². The van der Waals surface area contributed by atoms with Crippen molar-refractivity contribution in [1.82, 2.24) is 0 Å². The standard InChI is InChI=1S/C20H32O2/c1-19-9-7-16-15(18(19)17(22-3)8-10-19)5-4-13-12-14(21)6-11-20(13,16)2/h13,15-18H,4-12H2,1-3H3/t13-,15+,16-,17+,18+,19+,20-/m1/s1. The molecule has 0 unspecified atom stereocenters. The summed E-state index contributed by atoms with van der Waals surface area (Å²) in [5.41, 5.74) is 0.953. The van der Waals surface area contributed by atoms with E-state index in [-0.39, 0.29) is 0 Å². The summed E-state index contributed by atoms with van der Waals surface area (Å²) in [6, 6.07) is 0. The van der Waals surface area contributed by atoms with E-state index in [0.29, 0.717) is 28.6 Å². The van der Waals surface area contributed by atoms with Crippen LogP contribution in [-0.2, 0) is 9.53 Å². The van der Waals surface area contributed by atoms with Gasteiger partial charge in [0, 0.05) is 20.0 Å². The Hall–Kier alpha value is -0.370. The van der Waals surface area contributed by atoms with Crippen molar-refractivity contribution in [3.05, 3.63) is 0 Å². The molecule has 0 N–H and O–H groups in total. The van der Waals surface area contributed by atoms with Crippen LogP contribution in [0.1, 0.15) is 71.6 Å². The van der Waals surface area contributed by atoms with E-state index in [0.717, 1.165) is 37.0 Å². The molecule has 0 aromatic carbocycles. The molecule has 4 fully saturated rings. The first-order valence-corrected chi connectivity index (χ1v) is 9.52. The molecule has 0 aliphatic heterocycles. The molecule has 0 aromatic rings. The summed E-state index contributed by atoms with van der Waals surface area (Å²) in [4.78, 5) is 11.9. The molecule has 7 atom stereocenters. The van der Waals surface area contributed by atoms with Crippen molar-refractivity contribution in [3.63, 3.8) is 0 Å². The van der Waals surface area contributed by atoms with Gasteiger partial charge in [0.1, 0.15) is 5.78 Å². The first-order valence-electron chi connectivity index (χ1n) is 9.52. The molecular weight excluding hydrogens is 272 g/mol. The molecule has 4 aliphatic rings. The number of hydrogen-bond acceptors (Lipinski definition) is 2. The number of fused-ring (bicyclic) bond motifs is 5. The van der Waals surface area contributed by atoms with E-state index in [9.17, 15) is 4.79 Å². The van der Waals surface area contributed by atoms with Gasteiger partial charge in [0.2, 0.25) is 0 Å². The number of methoxy groups -OCH3 is 1. The Morgan fingerprint density at radius 3 is 2.59 bits per heavy atom. The molecule has 4 saturated carbocycles. The van der Waals surface area contributed by atoms with Gasteiger partial charge in [0.15, 0.2) is 0 Å². The fraction of sp³-hybridized carbons (Fsp3) is 0.950. The highest BCUT2D eigenvalue weighted by Gasteiger charge is 2.60. The molecule has 4 aliphatic carbocycles. The zero-order valence-corrected chi connectivity index (χ0v) is 14.6. The third-order valence-corrected chi connectivity index (χ3v) is 8.56. The van der Waals surface area contributed by atoms with E-state index >= 15 is 0 Å². The van der Waals surface area contributed by atoms with Gasteiger partial charge in [0.25, 0.3) is 0 Å². The van der Waals surface area contributed by atoms with Gasteiger partial charge in [-0.2, -0.15) is 0 Å². The molecular formula is C20H32O2. The highest BCUT2D eigenvalue weighted by Crippen LogP contribution is 2.66. The lowest BCUT2D eigenvalue weighted by Crippen LogP contribution is -2.54. The highest BCUT2D eigenvalue weighted by molar-refractivity contribution is 5.79. The van der Waals surface area contributed by atoms with Crippen molar-refractivity contribution in [1.29, 1.82) is 0 Å². The zero-order valence-electron chi connectivity index (χ0n) is 14.6. The van der Waals surface area contributed by atoms with Gasteiger partial charge in [-0.15, -0.1) is 0 Å². The first kappa shape index (κ1) is 15.2. The average molecular weight is 304 g/mol. The summed E-state index contributed by atoms with van der Waals surface area (Å²) in [6.07, 6.45) is 11.4. The summed E-state index contributed by atoms with van der Waals surface area (Å²) in [5.74, 6) is 3.65. The van der Waals surface area contributed by atoms with Crippen LogP contribution in [0.4, 0.5) is 0 Å². The van der Waals surface area contributed by atoms with Crippen molar-refractivity contribution in [2.45, 2.75) is 77.7 Å². The van der Waals surface area contributed by atoms with Gasteiger partial charge in [-0.25, -0.2) is 0 Å². The largest absolute Gasteiger partial charge is 0.381 e.